The van der Waals surface area contributed by atoms with Gasteiger partial charge in [0.1, 0.15) is 0 Å². The molecule has 1 aliphatic carbocycles. The second-order valence-electron chi connectivity index (χ2n) is 7.46. The summed E-state index contributed by atoms with van der Waals surface area (Å²) < 4.78 is 4.89. The molecule has 0 aromatic rings. The van der Waals surface area contributed by atoms with Crippen LogP contribution < -0.4 is 0 Å². The van der Waals surface area contributed by atoms with E-state index in [2.05, 4.69) is 6.92 Å². The van der Waals surface area contributed by atoms with Gasteiger partial charge in [-0.25, -0.2) is 0 Å². The number of carbonyl (C=O) groups is 1. The summed E-state index contributed by atoms with van der Waals surface area (Å²) in [6.45, 7) is 4.35. The van der Waals surface area contributed by atoms with E-state index < -0.39 is 18.3 Å². The number of carbonyl (C=O) groups excluding carboxylic acids is 1. The summed E-state index contributed by atoms with van der Waals surface area (Å²) in [6, 6.07) is 0. The van der Waals surface area contributed by atoms with E-state index >= 15 is 0 Å². The van der Waals surface area contributed by atoms with Gasteiger partial charge in [0.2, 0.25) is 0 Å². The van der Waals surface area contributed by atoms with Gasteiger partial charge in [-0.15, -0.1) is 0 Å². The van der Waals surface area contributed by atoms with Crippen LogP contribution in [0.3, 0.4) is 0 Å². The minimum absolute atomic E-state index is 0.0413. The van der Waals surface area contributed by atoms with Gasteiger partial charge in [0, 0.05) is 18.8 Å². The molecule has 1 fully saturated rings. The second kappa shape index (κ2) is 13.9. The zero-order valence-electron chi connectivity index (χ0n) is 16.9. The summed E-state index contributed by atoms with van der Waals surface area (Å²) in [7, 11) is 0. The number of allylic oxidation sites excluding steroid dienone is 2. The summed E-state index contributed by atoms with van der Waals surface area (Å²) in [5.41, 5.74) is 0. The van der Waals surface area contributed by atoms with Gasteiger partial charge in [-0.3, -0.25) is 4.79 Å². The maximum atomic E-state index is 11.3. The highest BCUT2D eigenvalue weighted by Gasteiger charge is 2.39. The van der Waals surface area contributed by atoms with Crippen molar-refractivity contribution in [1.82, 2.24) is 0 Å². The molecule has 0 bridgehead atoms. The molecule has 5 atom stereocenters. The lowest BCUT2D eigenvalue weighted by molar-refractivity contribution is -0.143. The van der Waals surface area contributed by atoms with Crippen molar-refractivity contribution in [2.45, 2.75) is 89.9 Å². The fourth-order valence-electron chi connectivity index (χ4n) is 3.63. The van der Waals surface area contributed by atoms with Crippen LogP contribution in [0.25, 0.3) is 0 Å². The van der Waals surface area contributed by atoms with Gasteiger partial charge in [-0.1, -0.05) is 50.5 Å². The van der Waals surface area contributed by atoms with Crippen LogP contribution in [0.1, 0.15) is 71.6 Å². The third kappa shape index (κ3) is 9.54. The Balaban J connectivity index is 2.42. The lowest BCUT2D eigenvalue weighted by Crippen LogP contribution is -2.20. The van der Waals surface area contributed by atoms with Crippen molar-refractivity contribution < 1.29 is 24.9 Å². The van der Waals surface area contributed by atoms with E-state index in [1.54, 1.807) is 13.0 Å². The van der Waals surface area contributed by atoms with Gasteiger partial charge >= 0.3 is 5.97 Å². The molecular formula is C22H38O5. The zero-order chi connectivity index (χ0) is 20.1. The summed E-state index contributed by atoms with van der Waals surface area (Å²) >= 11 is 0. The van der Waals surface area contributed by atoms with Crippen LogP contribution in [0.4, 0.5) is 0 Å². The quantitative estimate of drug-likeness (QED) is 0.258. The number of aliphatic hydroxyl groups is 3. The van der Waals surface area contributed by atoms with Gasteiger partial charge in [0.15, 0.2) is 0 Å². The fourth-order valence-corrected chi connectivity index (χ4v) is 3.63. The fraction of sp³-hybridized carbons (Fsp3) is 0.773. The highest BCUT2D eigenvalue weighted by atomic mass is 16.5. The van der Waals surface area contributed by atoms with Gasteiger partial charge in [0.25, 0.3) is 0 Å². The van der Waals surface area contributed by atoms with Crippen molar-refractivity contribution in [3.05, 3.63) is 24.3 Å². The van der Waals surface area contributed by atoms with Crippen LogP contribution in [-0.2, 0) is 9.53 Å². The number of aliphatic hydroxyl groups excluding tert-OH is 3. The Kier molecular flexibility index (Phi) is 12.3. The molecule has 3 N–H and O–H groups in total. The standard InChI is InChI=1S/C22H38O5/c1-3-5-8-11-17(23)14-15-19-18(20(24)16-21(19)25)12-9-6-7-10-13-22(26)27-4-2/h6,9,14-15,17-21,23-25H,3-5,7-8,10-13,16H2,1-2H3/b9-6-,15-14+/t17-,18+,19+,20-,21+/m0/s1. The monoisotopic (exact) mass is 382 g/mol. The lowest BCUT2D eigenvalue weighted by atomic mass is 9.89. The van der Waals surface area contributed by atoms with Crippen LogP contribution >= 0.6 is 0 Å². The summed E-state index contributed by atoms with van der Waals surface area (Å²) in [4.78, 5) is 11.3. The number of esters is 1. The first-order valence-corrected chi connectivity index (χ1v) is 10.5. The molecule has 0 radical (unpaired) electrons. The van der Waals surface area contributed by atoms with E-state index in [-0.39, 0.29) is 17.8 Å². The van der Waals surface area contributed by atoms with Crippen LogP contribution in [-0.4, -0.2) is 46.2 Å². The van der Waals surface area contributed by atoms with Crippen LogP contribution in [0.2, 0.25) is 0 Å². The first-order valence-electron chi connectivity index (χ1n) is 10.5. The van der Waals surface area contributed by atoms with Crippen molar-refractivity contribution in [3.63, 3.8) is 0 Å². The van der Waals surface area contributed by atoms with Crippen LogP contribution in [0.5, 0.6) is 0 Å². The maximum Gasteiger partial charge on any atom is 0.305 e. The Bertz CT molecular complexity index is 460. The Labute approximate surface area is 164 Å². The normalized spacial score (nSPS) is 26.9. The largest absolute Gasteiger partial charge is 0.466 e. The molecule has 0 amide bonds. The number of ether oxygens (including phenoxy) is 1. The molecule has 1 aliphatic rings. The Hall–Kier alpha value is -1.17. The van der Waals surface area contributed by atoms with Crippen LogP contribution in [0, 0.1) is 11.8 Å². The number of hydrogen-bond acceptors (Lipinski definition) is 5. The van der Waals surface area contributed by atoms with Gasteiger partial charge in [-0.05, 0) is 38.5 Å². The SMILES string of the molecule is CCCCC[C@H](O)/C=C/[C@@H]1[C@@H](C/C=C\CCCC(=O)OCC)[C@@H](O)C[C@H]1O. The molecule has 0 heterocycles. The molecular weight excluding hydrogens is 344 g/mol. The van der Waals surface area contributed by atoms with E-state index in [0.717, 1.165) is 38.5 Å². The Morgan fingerprint density at radius 2 is 1.93 bits per heavy atom. The molecule has 1 rings (SSSR count). The van der Waals surface area contributed by atoms with Crippen molar-refractivity contribution >= 4 is 5.97 Å². The molecule has 0 unspecified atom stereocenters. The predicted octanol–water partition coefficient (Wildman–Crippen LogP) is 3.52. The van der Waals surface area contributed by atoms with E-state index in [1.165, 1.54) is 0 Å². The lowest BCUT2D eigenvalue weighted by Gasteiger charge is -2.19. The second-order valence-corrected chi connectivity index (χ2v) is 7.46. The molecule has 27 heavy (non-hydrogen) atoms. The third-order valence-corrected chi connectivity index (χ3v) is 5.21. The molecule has 156 valence electrons. The molecule has 1 saturated carbocycles. The van der Waals surface area contributed by atoms with Crippen molar-refractivity contribution in [3.8, 4) is 0 Å². The topological polar surface area (TPSA) is 87.0 Å². The average molecular weight is 383 g/mol. The Morgan fingerprint density at radius 1 is 1.15 bits per heavy atom. The third-order valence-electron chi connectivity index (χ3n) is 5.21. The number of unbranched alkanes of at least 4 members (excludes halogenated alkanes) is 3. The van der Waals surface area contributed by atoms with Crippen LogP contribution in [0.15, 0.2) is 24.3 Å². The van der Waals surface area contributed by atoms with Crippen molar-refractivity contribution in [2.75, 3.05) is 6.61 Å². The van der Waals surface area contributed by atoms with E-state index in [4.69, 9.17) is 4.74 Å². The van der Waals surface area contributed by atoms with Gasteiger partial charge < -0.3 is 20.1 Å². The van der Waals surface area contributed by atoms with E-state index in [0.29, 0.717) is 25.9 Å². The minimum Gasteiger partial charge on any atom is -0.466 e. The molecule has 0 aromatic carbocycles. The van der Waals surface area contributed by atoms with E-state index in [1.807, 2.05) is 18.2 Å². The summed E-state index contributed by atoms with van der Waals surface area (Å²) in [5.74, 6) is -0.340. The Morgan fingerprint density at radius 3 is 2.63 bits per heavy atom. The summed E-state index contributed by atoms with van der Waals surface area (Å²) in [6.07, 6.45) is 13.1. The molecule has 0 aromatic heterocycles. The maximum absolute atomic E-state index is 11.3. The van der Waals surface area contributed by atoms with Crippen molar-refractivity contribution in [2.24, 2.45) is 11.8 Å². The first-order chi connectivity index (χ1) is 13.0. The summed E-state index contributed by atoms with van der Waals surface area (Å²) in [5, 5.41) is 30.5. The molecule has 0 aliphatic heterocycles. The number of rotatable bonds is 13. The first kappa shape index (κ1) is 23.9. The highest BCUT2D eigenvalue weighted by Crippen LogP contribution is 2.36. The molecule has 5 heteroatoms. The predicted molar refractivity (Wildman–Crippen MR) is 107 cm³/mol. The highest BCUT2D eigenvalue weighted by molar-refractivity contribution is 5.69. The molecule has 0 saturated heterocycles. The average Bonchev–Trinajstić information content (AvgIpc) is 2.89. The van der Waals surface area contributed by atoms with Crippen molar-refractivity contribution in [1.29, 1.82) is 0 Å². The smallest absolute Gasteiger partial charge is 0.305 e. The minimum atomic E-state index is -0.568. The zero-order valence-corrected chi connectivity index (χ0v) is 16.9. The molecule has 5 nitrogen and oxygen atoms in total. The van der Waals surface area contributed by atoms with Gasteiger partial charge in [0.05, 0.1) is 24.9 Å². The van der Waals surface area contributed by atoms with E-state index in [9.17, 15) is 20.1 Å². The van der Waals surface area contributed by atoms with Gasteiger partial charge in [-0.2, -0.15) is 0 Å². The molecule has 0 spiro atoms. The number of hydrogen-bond donors (Lipinski definition) is 3.